The van der Waals surface area contributed by atoms with E-state index < -0.39 is 14.6 Å². The summed E-state index contributed by atoms with van der Waals surface area (Å²) in [6.45, 7) is 6.52. The minimum absolute atomic E-state index is 0.0142. The zero-order valence-electron chi connectivity index (χ0n) is 11.9. The first kappa shape index (κ1) is 15.9. The molecule has 1 fully saturated rings. The van der Waals surface area contributed by atoms with Crippen molar-refractivity contribution in [2.45, 2.75) is 50.2 Å². The van der Waals surface area contributed by atoms with Crippen molar-refractivity contribution in [2.75, 3.05) is 26.5 Å². The van der Waals surface area contributed by atoms with Crippen LogP contribution in [0.2, 0.25) is 0 Å². The first-order valence-corrected chi connectivity index (χ1v) is 8.19. The molecule has 108 valence electrons. The van der Waals surface area contributed by atoms with Gasteiger partial charge in [0.15, 0.2) is 9.84 Å². The van der Waals surface area contributed by atoms with E-state index in [0.717, 1.165) is 6.42 Å². The SMILES string of the molecule is CCOC1CC(NCC(C)(C)S(C)(=O)=O)C1OC. The van der Waals surface area contributed by atoms with Crippen molar-refractivity contribution >= 4 is 9.84 Å². The molecule has 0 aromatic heterocycles. The van der Waals surface area contributed by atoms with Gasteiger partial charge in [0.2, 0.25) is 0 Å². The lowest BCUT2D eigenvalue weighted by Crippen LogP contribution is -2.61. The third-order valence-electron chi connectivity index (χ3n) is 3.70. The van der Waals surface area contributed by atoms with Crippen LogP contribution in [-0.4, -0.2) is 57.9 Å². The number of hydrogen-bond acceptors (Lipinski definition) is 5. The second-order valence-electron chi connectivity index (χ2n) is 5.45. The van der Waals surface area contributed by atoms with E-state index in [1.807, 2.05) is 6.92 Å². The molecule has 1 aliphatic rings. The Labute approximate surface area is 110 Å². The molecule has 3 atom stereocenters. The molecule has 0 bridgehead atoms. The molecule has 1 N–H and O–H groups in total. The van der Waals surface area contributed by atoms with Crippen molar-refractivity contribution in [1.29, 1.82) is 0 Å². The fourth-order valence-corrected chi connectivity index (χ4v) is 2.33. The fourth-order valence-electron chi connectivity index (χ4n) is 1.98. The van der Waals surface area contributed by atoms with Gasteiger partial charge in [-0.3, -0.25) is 0 Å². The van der Waals surface area contributed by atoms with Crippen LogP contribution < -0.4 is 5.32 Å². The molecule has 0 aromatic rings. The second-order valence-corrected chi connectivity index (χ2v) is 8.10. The van der Waals surface area contributed by atoms with E-state index in [-0.39, 0.29) is 18.2 Å². The quantitative estimate of drug-likeness (QED) is 0.739. The Morgan fingerprint density at radius 1 is 1.39 bits per heavy atom. The predicted octanol–water partition coefficient (Wildman–Crippen LogP) is 0.592. The summed E-state index contributed by atoms with van der Waals surface area (Å²) in [5.41, 5.74) is 0. The summed E-state index contributed by atoms with van der Waals surface area (Å²) < 4.78 is 33.3. The average molecular weight is 279 g/mol. The number of nitrogens with one attached hydrogen (secondary N) is 1. The molecule has 0 aromatic carbocycles. The summed E-state index contributed by atoms with van der Waals surface area (Å²) in [5.74, 6) is 0. The molecular weight excluding hydrogens is 254 g/mol. The topological polar surface area (TPSA) is 64.6 Å². The lowest BCUT2D eigenvalue weighted by molar-refractivity contribution is -0.131. The molecule has 0 amide bonds. The van der Waals surface area contributed by atoms with E-state index in [9.17, 15) is 8.42 Å². The molecule has 5 nitrogen and oxygen atoms in total. The van der Waals surface area contributed by atoms with Crippen LogP contribution in [0.3, 0.4) is 0 Å². The van der Waals surface area contributed by atoms with Crippen molar-refractivity contribution in [2.24, 2.45) is 0 Å². The van der Waals surface area contributed by atoms with Crippen LogP contribution in [0.4, 0.5) is 0 Å². The molecule has 3 unspecified atom stereocenters. The lowest BCUT2D eigenvalue weighted by atomic mass is 9.85. The molecule has 0 saturated heterocycles. The summed E-state index contributed by atoms with van der Waals surface area (Å²) in [6, 6.07) is 0.174. The van der Waals surface area contributed by atoms with E-state index in [1.165, 1.54) is 6.26 Å². The van der Waals surface area contributed by atoms with E-state index in [2.05, 4.69) is 5.32 Å². The first-order chi connectivity index (χ1) is 8.23. The summed E-state index contributed by atoms with van der Waals surface area (Å²) >= 11 is 0. The van der Waals surface area contributed by atoms with Crippen molar-refractivity contribution in [3.63, 3.8) is 0 Å². The number of sulfone groups is 1. The maximum atomic E-state index is 11.6. The largest absolute Gasteiger partial charge is 0.377 e. The van der Waals surface area contributed by atoms with Crippen LogP contribution in [0.25, 0.3) is 0 Å². The van der Waals surface area contributed by atoms with Gasteiger partial charge < -0.3 is 14.8 Å². The minimum atomic E-state index is -3.06. The smallest absolute Gasteiger partial charge is 0.153 e. The molecule has 0 aliphatic heterocycles. The fraction of sp³-hybridized carbons (Fsp3) is 1.00. The molecule has 0 spiro atoms. The molecule has 18 heavy (non-hydrogen) atoms. The number of rotatable bonds is 7. The molecule has 6 heteroatoms. The van der Waals surface area contributed by atoms with Crippen LogP contribution in [-0.2, 0) is 19.3 Å². The van der Waals surface area contributed by atoms with E-state index >= 15 is 0 Å². The van der Waals surface area contributed by atoms with Gasteiger partial charge in [-0.05, 0) is 27.2 Å². The minimum Gasteiger partial charge on any atom is -0.377 e. The van der Waals surface area contributed by atoms with Gasteiger partial charge in [0, 0.05) is 32.6 Å². The summed E-state index contributed by atoms with van der Waals surface area (Å²) in [6.07, 6.45) is 2.28. The standard InChI is InChI=1S/C12H25NO4S/c1-6-17-10-7-9(11(10)16-4)13-8-12(2,3)18(5,14)15/h9-11,13H,6-8H2,1-5H3. The second kappa shape index (κ2) is 5.86. The van der Waals surface area contributed by atoms with Gasteiger partial charge in [-0.25, -0.2) is 8.42 Å². The van der Waals surface area contributed by atoms with Crippen molar-refractivity contribution in [3.05, 3.63) is 0 Å². The van der Waals surface area contributed by atoms with Gasteiger partial charge in [-0.1, -0.05) is 0 Å². The van der Waals surface area contributed by atoms with E-state index in [1.54, 1.807) is 21.0 Å². The monoisotopic (exact) mass is 279 g/mol. The van der Waals surface area contributed by atoms with Gasteiger partial charge >= 0.3 is 0 Å². The van der Waals surface area contributed by atoms with Gasteiger partial charge in [0.1, 0.15) is 0 Å². The third kappa shape index (κ3) is 3.44. The Morgan fingerprint density at radius 2 is 2.00 bits per heavy atom. The molecular formula is C12H25NO4S. The van der Waals surface area contributed by atoms with Crippen molar-refractivity contribution < 1.29 is 17.9 Å². The van der Waals surface area contributed by atoms with Gasteiger partial charge in [0.05, 0.1) is 17.0 Å². The summed E-state index contributed by atoms with van der Waals surface area (Å²) in [4.78, 5) is 0. The maximum Gasteiger partial charge on any atom is 0.153 e. The van der Waals surface area contributed by atoms with Gasteiger partial charge in [-0.15, -0.1) is 0 Å². The third-order valence-corrected chi connectivity index (χ3v) is 5.85. The van der Waals surface area contributed by atoms with Crippen LogP contribution >= 0.6 is 0 Å². The zero-order valence-corrected chi connectivity index (χ0v) is 12.7. The highest BCUT2D eigenvalue weighted by atomic mass is 32.2. The van der Waals surface area contributed by atoms with Gasteiger partial charge in [-0.2, -0.15) is 0 Å². The molecule has 1 saturated carbocycles. The Hall–Kier alpha value is -0.170. The summed E-state index contributed by atoms with van der Waals surface area (Å²) in [7, 11) is -1.41. The Kier molecular flexibility index (Phi) is 5.17. The number of hydrogen-bond donors (Lipinski definition) is 1. The lowest BCUT2D eigenvalue weighted by Gasteiger charge is -2.44. The van der Waals surface area contributed by atoms with Crippen LogP contribution in [0.1, 0.15) is 27.2 Å². The highest BCUT2D eigenvalue weighted by Gasteiger charge is 2.43. The van der Waals surface area contributed by atoms with E-state index in [4.69, 9.17) is 9.47 Å². The van der Waals surface area contributed by atoms with E-state index in [0.29, 0.717) is 13.2 Å². The molecule has 1 rings (SSSR count). The van der Waals surface area contributed by atoms with Crippen LogP contribution in [0.5, 0.6) is 0 Å². The Morgan fingerprint density at radius 3 is 2.44 bits per heavy atom. The zero-order chi connectivity index (χ0) is 14.0. The van der Waals surface area contributed by atoms with Crippen molar-refractivity contribution in [1.82, 2.24) is 5.32 Å². The Bertz CT molecular complexity index is 366. The maximum absolute atomic E-state index is 11.6. The number of methoxy groups -OCH3 is 1. The molecule has 0 heterocycles. The molecule has 1 aliphatic carbocycles. The normalized spacial score (nSPS) is 29.1. The number of ether oxygens (including phenoxy) is 2. The first-order valence-electron chi connectivity index (χ1n) is 6.30. The van der Waals surface area contributed by atoms with Crippen LogP contribution in [0.15, 0.2) is 0 Å². The molecule has 0 radical (unpaired) electrons. The van der Waals surface area contributed by atoms with Crippen LogP contribution in [0, 0.1) is 0 Å². The highest BCUT2D eigenvalue weighted by Crippen LogP contribution is 2.27. The summed E-state index contributed by atoms with van der Waals surface area (Å²) in [5, 5.41) is 3.27. The average Bonchev–Trinajstić information content (AvgIpc) is 2.21. The Balaban J connectivity index is 2.47. The highest BCUT2D eigenvalue weighted by molar-refractivity contribution is 7.92. The van der Waals surface area contributed by atoms with Gasteiger partial charge in [0.25, 0.3) is 0 Å². The predicted molar refractivity (Wildman–Crippen MR) is 71.5 cm³/mol. The van der Waals surface area contributed by atoms with Crippen molar-refractivity contribution in [3.8, 4) is 0 Å².